The zero-order valence-electron chi connectivity index (χ0n) is 8.12. The van der Waals surface area contributed by atoms with Crippen molar-refractivity contribution in [3.8, 4) is 6.07 Å². The minimum absolute atomic E-state index is 0.134. The molecule has 0 spiro atoms. The standard InChI is InChI=1S/C9H17N3S/c1-13-7-2-9(8-10)12-5-3-11-4-6-12/h9,11H,2-7H2,1H3. The van der Waals surface area contributed by atoms with Gasteiger partial charge in [0.2, 0.25) is 0 Å². The predicted octanol–water partition coefficient (Wildman–Crippen LogP) is 0.537. The van der Waals surface area contributed by atoms with Crippen LogP contribution in [-0.4, -0.2) is 49.1 Å². The molecule has 1 aliphatic rings. The predicted molar refractivity (Wildman–Crippen MR) is 56.8 cm³/mol. The lowest BCUT2D eigenvalue weighted by atomic mass is 10.2. The quantitative estimate of drug-likeness (QED) is 0.717. The molecule has 0 aromatic carbocycles. The van der Waals surface area contributed by atoms with Crippen LogP contribution in [0.15, 0.2) is 0 Å². The van der Waals surface area contributed by atoms with Gasteiger partial charge in [-0.1, -0.05) is 0 Å². The molecule has 0 amide bonds. The summed E-state index contributed by atoms with van der Waals surface area (Å²) in [4.78, 5) is 2.28. The molecule has 1 aliphatic heterocycles. The molecular weight excluding hydrogens is 182 g/mol. The Bertz CT molecular complexity index is 172. The maximum absolute atomic E-state index is 8.98. The number of rotatable bonds is 4. The van der Waals surface area contributed by atoms with E-state index in [1.807, 2.05) is 11.8 Å². The maximum atomic E-state index is 8.98. The first-order chi connectivity index (χ1) is 6.38. The van der Waals surface area contributed by atoms with Gasteiger partial charge < -0.3 is 5.32 Å². The van der Waals surface area contributed by atoms with E-state index in [0.29, 0.717) is 0 Å². The van der Waals surface area contributed by atoms with Gasteiger partial charge in [0.1, 0.15) is 0 Å². The van der Waals surface area contributed by atoms with Gasteiger partial charge in [-0.25, -0.2) is 0 Å². The lowest BCUT2D eigenvalue weighted by Gasteiger charge is -2.30. The summed E-state index contributed by atoms with van der Waals surface area (Å²) in [6.07, 6.45) is 3.09. The molecule has 4 heteroatoms. The van der Waals surface area contributed by atoms with E-state index >= 15 is 0 Å². The molecule has 1 saturated heterocycles. The number of thioether (sulfide) groups is 1. The van der Waals surface area contributed by atoms with Crippen LogP contribution in [0.3, 0.4) is 0 Å². The van der Waals surface area contributed by atoms with Crippen LogP contribution in [0.4, 0.5) is 0 Å². The topological polar surface area (TPSA) is 39.1 Å². The molecule has 0 saturated carbocycles. The highest BCUT2D eigenvalue weighted by atomic mass is 32.2. The normalized spacial score (nSPS) is 20.9. The number of nitrogens with one attached hydrogen (secondary N) is 1. The zero-order chi connectivity index (χ0) is 9.52. The van der Waals surface area contributed by atoms with E-state index in [1.54, 1.807) is 0 Å². The molecular formula is C9H17N3S. The fourth-order valence-corrected chi connectivity index (χ4v) is 2.01. The fourth-order valence-electron chi connectivity index (χ4n) is 1.55. The molecule has 1 fully saturated rings. The first kappa shape index (κ1) is 10.8. The Balaban J connectivity index is 2.31. The highest BCUT2D eigenvalue weighted by Gasteiger charge is 2.18. The van der Waals surface area contributed by atoms with Crippen LogP contribution in [0, 0.1) is 11.3 Å². The van der Waals surface area contributed by atoms with Crippen LogP contribution >= 0.6 is 11.8 Å². The summed E-state index contributed by atoms with van der Waals surface area (Å²) in [7, 11) is 0. The summed E-state index contributed by atoms with van der Waals surface area (Å²) in [5.74, 6) is 1.09. The van der Waals surface area contributed by atoms with Crippen molar-refractivity contribution in [1.29, 1.82) is 5.26 Å². The van der Waals surface area contributed by atoms with E-state index in [9.17, 15) is 0 Å². The Labute approximate surface area is 84.5 Å². The molecule has 3 nitrogen and oxygen atoms in total. The van der Waals surface area contributed by atoms with Gasteiger partial charge in [0, 0.05) is 26.2 Å². The molecule has 0 radical (unpaired) electrons. The third-order valence-corrected chi connectivity index (χ3v) is 2.98. The van der Waals surface area contributed by atoms with Crippen LogP contribution < -0.4 is 5.32 Å². The molecule has 1 unspecified atom stereocenters. The highest BCUT2D eigenvalue weighted by Crippen LogP contribution is 2.08. The van der Waals surface area contributed by atoms with Crippen molar-refractivity contribution in [3.63, 3.8) is 0 Å². The Morgan fingerprint density at radius 2 is 2.23 bits per heavy atom. The number of nitriles is 1. The van der Waals surface area contributed by atoms with Crippen LogP contribution in [-0.2, 0) is 0 Å². The van der Waals surface area contributed by atoms with E-state index in [2.05, 4.69) is 22.5 Å². The monoisotopic (exact) mass is 199 g/mol. The van der Waals surface area contributed by atoms with E-state index in [1.165, 1.54) is 0 Å². The van der Waals surface area contributed by atoms with Crippen molar-refractivity contribution < 1.29 is 0 Å². The molecule has 13 heavy (non-hydrogen) atoms. The number of nitrogens with zero attached hydrogens (tertiary/aromatic N) is 2. The second kappa shape index (κ2) is 6.25. The minimum Gasteiger partial charge on any atom is -0.314 e. The Kier molecular flexibility index (Phi) is 5.21. The van der Waals surface area contributed by atoms with E-state index in [4.69, 9.17) is 5.26 Å². The molecule has 0 aromatic heterocycles. The van der Waals surface area contributed by atoms with Gasteiger partial charge in [-0.05, 0) is 18.4 Å². The molecule has 0 bridgehead atoms. The summed E-state index contributed by atoms with van der Waals surface area (Å²) in [6, 6.07) is 2.53. The van der Waals surface area contributed by atoms with Gasteiger partial charge in [-0.3, -0.25) is 4.90 Å². The van der Waals surface area contributed by atoms with Crippen LogP contribution in [0.1, 0.15) is 6.42 Å². The summed E-state index contributed by atoms with van der Waals surface area (Å²) in [6.45, 7) is 4.09. The fraction of sp³-hybridized carbons (Fsp3) is 0.889. The average molecular weight is 199 g/mol. The second-order valence-electron chi connectivity index (χ2n) is 3.21. The molecule has 1 rings (SSSR count). The molecule has 0 aromatic rings. The highest BCUT2D eigenvalue weighted by molar-refractivity contribution is 7.98. The third kappa shape index (κ3) is 3.55. The molecule has 1 heterocycles. The van der Waals surface area contributed by atoms with Crippen molar-refractivity contribution in [2.45, 2.75) is 12.5 Å². The molecule has 74 valence electrons. The lowest BCUT2D eigenvalue weighted by Crippen LogP contribution is -2.48. The second-order valence-corrected chi connectivity index (χ2v) is 4.20. The van der Waals surface area contributed by atoms with Crippen molar-refractivity contribution in [2.75, 3.05) is 38.2 Å². The van der Waals surface area contributed by atoms with Crippen molar-refractivity contribution in [3.05, 3.63) is 0 Å². The minimum atomic E-state index is 0.134. The first-order valence-electron chi connectivity index (χ1n) is 4.72. The van der Waals surface area contributed by atoms with Gasteiger partial charge in [0.25, 0.3) is 0 Å². The van der Waals surface area contributed by atoms with E-state index < -0.39 is 0 Å². The van der Waals surface area contributed by atoms with Crippen molar-refractivity contribution >= 4 is 11.8 Å². The summed E-state index contributed by atoms with van der Waals surface area (Å²) >= 11 is 1.82. The largest absolute Gasteiger partial charge is 0.314 e. The van der Waals surface area contributed by atoms with Crippen LogP contribution in [0.25, 0.3) is 0 Å². The van der Waals surface area contributed by atoms with Crippen molar-refractivity contribution in [1.82, 2.24) is 10.2 Å². The summed E-state index contributed by atoms with van der Waals surface area (Å²) in [5.41, 5.74) is 0. The lowest BCUT2D eigenvalue weighted by molar-refractivity contribution is 0.203. The Morgan fingerprint density at radius 3 is 2.77 bits per heavy atom. The number of hydrogen-bond acceptors (Lipinski definition) is 4. The SMILES string of the molecule is CSCCC(C#N)N1CCNCC1. The van der Waals surface area contributed by atoms with Gasteiger partial charge in [0.05, 0.1) is 12.1 Å². The smallest absolute Gasteiger partial charge is 0.0986 e. The summed E-state index contributed by atoms with van der Waals surface area (Å²) in [5, 5.41) is 12.3. The number of piperazine rings is 1. The Morgan fingerprint density at radius 1 is 1.54 bits per heavy atom. The van der Waals surface area contributed by atoms with Crippen LogP contribution in [0.2, 0.25) is 0 Å². The maximum Gasteiger partial charge on any atom is 0.0986 e. The zero-order valence-corrected chi connectivity index (χ0v) is 8.94. The van der Waals surface area contributed by atoms with Gasteiger partial charge >= 0.3 is 0 Å². The molecule has 0 aliphatic carbocycles. The van der Waals surface area contributed by atoms with Gasteiger partial charge in [-0.2, -0.15) is 17.0 Å². The van der Waals surface area contributed by atoms with Crippen LogP contribution in [0.5, 0.6) is 0 Å². The van der Waals surface area contributed by atoms with Crippen molar-refractivity contribution in [2.24, 2.45) is 0 Å². The summed E-state index contributed by atoms with van der Waals surface area (Å²) < 4.78 is 0. The molecule has 1 N–H and O–H groups in total. The third-order valence-electron chi connectivity index (χ3n) is 2.34. The first-order valence-corrected chi connectivity index (χ1v) is 6.11. The van der Waals surface area contributed by atoms with Gasteiger partial charge in [0.15, 0.2) is 0 Å². The molecule has 1 atom stereocenters. The average Bonchev–Trinajstić information content (AvgIpc) is 2.21. The Hall–Kier alpha value is -0.240. The van der Waals surface area contributed by atoms with Gasteiger partial charge in [-0.15, -0.1) is 0 Å². The van der Waals surface area contributed by atoms with E-state index in [-0.39, 0.29) is 6.04 Å². The van der Waals surface area contributed by atoms with E-state index in [0.717, 1.165) is 38.4 Å². The number of hydrogen-bond donors (Lipinski definition) is 1.